The van der Waals surface area contributed by atoms with Crippen molar-refractivity contribution in [1.82, 2.24) is 9.97 Å². The third-order valence-electron chi connectivity index (χ3n) is 3.07. The average Bonchev–Trinajstić information content (AvgIpc) is 2.38. The van der Waals surface area contributed by atoms with Gasteiger partial charge in [-0.25, -0.2) is 14.4 Å². The van der Waals surface area contributed by atoms with E-state index in [1.807, 2.05) is 26.8 Å². The Morgan fingerprint density at radius 3 is 2.37 bits per heavy atom. The fourth-order valence-electron chi connectivity index (χ4n) is 1.71. The fourth-order valence-corrected chi connectivity index (χ4v) is 2.70. The van der Waals surface area contributed by atoms with Gasteiger partial charge in [-0.2, -0.15) is 0 Å². The summed E-state index contributed by atoms with van der Waals surface area (Å²) >= 11 is 1.23. The number of hydrogen-bond donors (Lipinski definition) is 1. The number of hydrogen-bond acceptors (Lipinski definition) is 4. The van der Waals surface area contributed by atoms with Crippen LogP contribution < -0.4 is 5.73 Å². The summed E-state index contributed by atoms with van der Waals surface area (Å²) < 4.78 is 13.9. The van der Waals surface area contributed by atoms with Crippen LogP contribution in [-0.4, -0.2) is 9.97 Å². The van der Waals surface area contributed by atoms with Gasteiger partial charge in [0.2, 0.25) is 0 Å². The van der Waals surface area contributed by atoms with Crippen molar-refractivity contribution in [2.24, 2.45) is 5.73 Å². The maximum Gasteiger partial charge on any atom is 0.193 e. The van der Waals surface area contributed by atoms with Crippen LogP contribution in [0.5, 0.6) is 0 Å². The summed E-state index contributed by atoms with van der Waals surface area (Å²) in [7, 11) is 0. The van der Waals surface area contributed by atoms with Crippen LogP contribution in [0, 0.1) is 26.6 Å². The largest absolute Gasteiger partial charge is 0.326 e. The molecule has 19 heavy (non-hydrogen) atoms. The number of nitrogens with two attached hydrogens (primary N) is 1. The summed E-state index contributed by atoms with van der Waals surface area (Å²) in [5.74, 6) is -0.285. The number of nitrogens with zero attached hydrogens (tertiary/aromatic N) is 2. The van der Waals surface area contributed by atoms with Crippen LogP contribution in [0.2, 0.25) is 0 Å². The molecule has 3 nitrogen and oxygen atoms in total. The van der Waals surface area contributed by atoms with Crippen LogP contribution >= 0.6 is 11.8 Å². The minimum absolute atomic E-state index is 0.285. The summed E-state index contributed by atoms with van der Waals surface area (Å²) in [5.41, 5.74) is 9.31. The number of aromatic nitrogens is 2. The molecular formula is C14H16FN3S. The highest BCUT2D eigenvalue weighted by Crippen LogP contribution is 2.31. The molecular weight excluding hydrogens is 261 g/mol. The van der Waals surface area contributed by atoms with E-state index in [1.165, 1.54) is 17.8 Å². The molecule has 2 N–H and O–H groups in total. The maximum absolute atomic E-state index is 13.9. The molecule has 0 bridgehead atoms. The zero-order valence-electron chi connectivity index (χ0n) is 11.2. The second kappa shape index (κ2) is 5.67. The van der Waals surface area contributed by atoms with Crippen LogP contribution in [0.15, 0.2) is 28.3 Å². The van der Waals surface area contributed by atoms with E-state index >= 15 is 0 Å². The second-order valence-corrected chi connectivity index (χ2v) is 5.31. The Kier molecular flexibility index (Phi) is 4.17. The molecule has 5 heteroatoms. The van der Waals surface area contributed by atoms with Gasteiger partial charge in [-0.05, 0) is 49.7 Å². The van der Waals surface area contributed by atoms with Crippen molar-refractivity contribution >= 4 is 11.8 Å². The van der Waals surface area contributed by atoms with Crippen molar-refractivity contribution in [3.8, 4) is 0 Å². The molecule has 0 amide bonds. The Morgan fingerprint density at radius 2 is 1.79 bits per heavy atom. The van der Waals surface area contributed by atoms with Crippen LogP contribution in [0.3, 0.4) is 0 Å². The predicted octanol–water partition coefficient (Wildman–Crippen LogP) is 3.15. The lowest BCUT2D eigenvalue weighted by Crippen LogP contribution is -2.02. The predicted molar refractivity (Wildman–Crippen MR) is 74.7 cm³/mol. The molecule has 0 fully saturated rings. The van der Waals surface area contributed by atoms with Crippen molar-refractivity contribution in [3.05, 3.63) is 46.5 Å². The van der Waals surface area contributed by atoms with Gasteiger partial charge < -0.3 is 5.73 Å². The lowest BCUT2D eigenvalue weighted by atomic mass is 10.2. The Balaban J connectivity index is 2.42. The average molecular weight is 277 g/mol. The normalized spacial score (nSPS) is 10.8. The smallest absolute Gasteiger partial charge is 0.193 e. The number of benzene rings is 1. The van der Waals surface area contributed by atoms with Crippen LogP contribution in [0.1, 0.15) is 22.5 Å². The molecule has 1 aromatic carbocycles. The van der Waals surface area contributed by atoms with Gasteiger partial charge in [0.15, 0.2) is 5.16 Å². The molecule has 0 spiro atoms. The molecule has 0 radical (unpaired) electrons. The first-order valence-corrected chi connectivity index (χ1v) is 6.81. The molecule has 0 aliphatic heterocycles. The van der Waals surface area contributed by atoms with Crippen molar-refractivity contribution in [3.63, 3.8) is 0 Å². The minimum atomic E-state index is -0.285. The first-order chi connectivity index (χ1) is 9.02. The van der Waals surface area contributed by atoms with E-state index in [0.29, 0.717) is 16.6 Å². The molecule has 0 aliphatic rings. The van der Waals surface area contributed by atoms with Gasteiger partial charge in [0, 0.05) is 17.9 Å². The van der Waals surface area contributed by atoms with Gasteiger partial charge in [-0.3, -0.25) is 0 Å². The lowest BCUT2D eigenvalue weighted by Gasteiger charge is -2.10. The second-order valence-electron chi connectivity index (χ2n) is 4.34. The van der Waals surface area contributed by atoms with Crippen molar-refractivity contribution in [2.75, 3.05) is 0 Å². The van der Waals surface area contributed by atoms with Crippen molar-refractivity contribution in [2.45, 2.75) is 37.4 Å². The Bertz CT molecular complexity index is 591. The van der Waals surface area contributed by atoms with E-state index in [2.05, 4.69) is 9.97 Å². The van der Waals surface area contributed by atoms with E-state index in [1.54, 1.807) is 6.07 Å². The summed E-state index contributed by atoms with van der Waals surface area (Å²) in [6, 6.07) is 4.91. The van der Waals surface area contributed by atoms with Crippen molar-refractivity contribution in [1.29, 1.82) is 0 Å². The number of halogens is 1. The summed E-state index contributed by atoms with van der Waals surface area (Å²) in [4.78, 5) is 9.29. The third kappa shape index (κ3) is 2.93. The molecule has 0 saturated heterocycles. The summed E-state index contributed by atoms with van der Waals surface area (Å²) in [6.07, 6.45) is 0. The van der Waals surface area contributed by atoms with E-state index in [-0.39, 0.29) is 5.82 Å². The number of rotatable bonds is 3. The SMILES string of the molecule is Cc1nc(Sc2c(F)cccc2CN)nc(C)c1C. The van der Waals surface area contributed by atoms with Crippen LogP contribution in [0.4, 0.5) is 4.39 Å². The highest BCUT2D eigenvalue weighted by atomic mass is 32.2. The highest BCUT2D eigenvalue weighted by molar-refractivity contribution is 7.99. The minimum Gasteiger partial charge on any atom is -0.326 e. The van der Waals surface area contributed by atoms with E-state index in [9.17, 15) is 4.39 Å². The zero-order chi connectivity index (χ0) is 14.0. The molecule has 1 heterocycles. The van der Waals surface area contributed by atoms with E-state index < -0.39 is 0 Å². The zero-order valence-corrected chi connectivity index (χ0v) is 12.0. The Labute approximate surface area is 116 Å². The molecule has 0 unspecified atom stereocenters. The number of aryl methyl sites for hydroxylation is 2. The standard InChI is InChI=1S/C14H16FN3S/c1-8-9(2)17-14(18-10(8)3)19-13-11(7-16)5-4-6-12(13)15/h4-6H,7,16H2,1-3H3. The molecule has 1 aromatic heterocycles. The van der Waals surface area contributed by atoms with Crippen LogP contribution in [0.25, 0.3) is 0 Å². The topological polar surface area (TPSA) is 51.8 Å². The summed E-state index contributed by atoms with van der Waals surface area (Å²) in [6.45, 7) is 6.13. The molecule has 0 saturated carbocycles. The van der Waals surface area contributed by atoms with Crippen molar-refractivity contribution < 1.29 is 4.39 Å². The van der Waals surface area contributed by atoms with Gasteiger partial charge in [0.25, 0.3) is 0 Å². The van der Waals surface area contributed by atoms with Gasteiger partial charge in [-0.1, -0.05) is 12.1 Å². The first kappa shape index (κ1) is 14.0. The molecule has 2 rings (SSSR count). The third-order valence-corrected chi connectivity index (χ3v) is 4.10. The van der Waals surface area contributed by atoms with E-state index in [0.717, 1.165) is 22.5 Å². The maximum atomic E-state index is 13.9. The first-order valence-electron chi connectivity index (χ1n) is 6.00. The fraction of sp³-hybridized carbons (Fsp3) is 0.286. The monoisotopic (exact) mass is 277 g/mol. The van der Waals surface area contributed by atoms with Gasteiger partial charge >= 0.3 is 0 Å². The van der Waals surface area contributed by atoms with Gasteiger partial charge in [0.1, 0.15) is 5.82 Å². The highest BCUT2D eigenvalue weighted by Gasteiger charge is 2.12. The molecule has 0 aliphatic carbocycles. The van der Waals surface area contributed by atoms with Crippen LogP contribution in [-0.2, 0) is 6.54 Å². The molecule has 0 atom stereocenters. The van der Waals surface area contributed by atoms with Gasteiger partial charge in [-0.15, -0.1) is 0 Å². The van der Waals surface area contributed by atoms with Gasteiger partial charge in [0.05, 0.1) is 4.90 Å². The Morgan fingerprint density at radius 1 is 1.16 bits per heavy atom. The quantitative estimate of drug-likeness (QED) is 0.876. The Hall–Kier alpha value is -1.46. The lowest BCUT2D eigenvalue weighted by molar-refractivity contribution is 0.596. The molecule has 100 valence electrons. The van der Waals surface area contributed by atoms with E-state index in [4.69, 9.17) is 5.73 Å². The summed E-state index contributed by atoms with van der Waals surface area (Å²) in [5, 5.41) is 0.556. The molecule has 2 aromatic rings.